The van der Waals surface area contributed by atoms with Crippen LogP contribution in [0.1, 0.15) is 22.3 Å². The van der Waals surface area contributed by atoms with E-state index in [1.54, 1.807) is 18.2 Å². The maximum absolute atomic E-state index is 9.38. The minimum absolute atomic E-state index is 0.377. The van der Waals surface area contributed by atoms with Gasteiger partial charge in [-0.3, -0.25) is 10.4 Å². The summed E-state index contributed by atoms with van der Waals surface area (Å²) in [5.74, 6) is 1.63. The van der Waals surface area contributed by atoms with E-state index in [2.05, 4.69) is 55.1 Å². The lowest BCUT2D eigenvalue weighted by Crippen LogP contribution is -2.11. The number of hydrogen-bond acceptors (Lipinski definition) is 7. The average molecular weight is 731 g/mol. The molecule has 0 atom stereocenters. The first-order valence-electron chi connectivity index (χ1n) is 18.5. The van der Waals surface area contributed by atoms with Crippen LogP contribution in [0.5, 0.6) is 0 Å². The zero-order valence-electron chi connectivity index (χ0n) is 30.4. The van der Waals surface area contributed by atoms with Crippen LogP contribution in [0.25, 0.3) is 95.4 Å². The lowest BCUT2D eigenvalue weighted by atomic mass is 9.80. The first-order valence-corrected chi connectivity index (χ1v) is 18.5. The minimum atomic E-state index is 0.377. The molecule has 6 aromatic carbocycles. The lowest BCUT2D eigenvalue weighted by Gasteiger charge is -2.24. The van der Waals surface area contributed by atoms with Gasteiger partial charge in [-0.1, -0.05) is 110 Å². The van der Waals surface area contributed by atoms with Crippen molar-refractivity contribution >= 4 is 55.8 Å². The van der Waals surface area contributed by atoms with E-state index in [9.17, 15) is 10.7 Å². The Hall–Kier alpha value is -8.08. The molecule has 0 spiro atoms. The Morgan fingerprint density at radius 2 is 1.26 bits per heavy atom. The maximum Gasteiger partial charge on any atom is 0.164 e. The van der Waals surface area contributed by atoms with Crippen molar-refractivity contribution in [2.45, 2.75) is 0 Å². The Bertz CT molecular complexity index is 3220. The molecule has 266 valence electrons. The molecule has 0 saturated heterocycles. The topological polar surface area (TPSA) is 112 Å². The average Bonchev–Trinajstić information content (AvgIpc) is 3.65. The summed E-state index contributed by atoms with van der Waals surface area (Å²) in [7, 11) is 0. The predicted octanol–water partition coefficient (Wildman–Crippen LogP) is 12.0. The van der Waals surface area contributed by atoms with Crippen LogP contribution >= 0.6 is 0 Å². The molecule has 7 nitrogen and oxygen atoms in total. The third-order valence-electron chi connectivity index (χ3n) is 10.4. The van der Waals surface area contributed by atoms with Gasteiger partial charge in [0.25, 0.3) is 0 Å². The van der Waals surface area contributed by atoms with Crippen LogP contribution in [-0.4, -0.2) is 25.6 Å². The van der Waals surface area contributed by atoms with Crippen molar-refractivity contribution in [2.75, 3.05) is 0 Å². The molecule has 0 bridgehead atoms. The molecule has 1 aliphatic rings. The Balaban J connectivity index is 1.13. The van der Waals surface area contributed by atoms with Crippen molar-refractivity contribution in [2.24, 2.45) is 0 Å². The molecule has 0 amide bonds. The second-order valence-electron chi connectivity index (χ2n) is 13.8. The van der Waals surface area contributed by atoms with E-state index in [1.807, 2.05) is 103 Å². The number of benzene rings is 6. The molecule has 57 heavy (non-hydrogen) atoms. The molecule has 1 aliphatic carbocycles. The van der Waals surface area contributed by atoms with Gasteiger partial charge in [0.1, 0.15) is 11.2 Å². The van der Waals surface area contributed by atoms with Gasteiger partial charge in [-0.15, -0.1) is 0 Å². The summed E-state index contributed by atoms with van der Waals surface area (Å²) < 4.78 is 6.24. The molecular formula is C50H30N6O. The third kappa shape index (κ3) is 5.81. The fourth-order valence-electron chi connectivity index (χ4n) is 7.65. The monoisotopic (exact) mass is 730 g/mol. The number of nitrogens with one attached hydrogen (secondary N) is 1. The van der Waals surface area contributed by atoms with Crippen LogP contribution in [-0.2, 0) is 0 Å². The van der Waals surface area contributed by atoms with E-state index in [0.29, 0.717) is 28.7 Å². The van der Waals surface area contributed by atoms with Crippen molar-refractivity contribution in [3.63, 3.8) is 0 Å². The van der Waals surface area contributed by atoms with E-state index in [1.165, 1.54) is 0 Å². The van der Waals surface area contributed by atoms with E-state index in [4.69, 9.17) is 24.4 Å². The highest BCUT2D eigenvalue weighted by molar-refractivity contribution is 6.48. The Labute approximate surface area is 327 Å². The highest BCUT2D eigenvalue weighted by atomic mass is 16.3. The summed E-state index contributed by atoms with van der Waals surface area (Å²) in [5, 5.41) is 21.8. The van der Waals surface area contributed by atoms with E-state index >= 15 is 0 Å². The molecular weight excluding hydrogens is 701 g/mol. The molecule has 0 fully saturated rings. The summed E-state index contributed by atoms with van der Waals surface area (Å²) in [6.45, 7) is 3.99. The molecule has 0 aliphatic heterocycles. The zero-order chi connectivity index (χ0) is 38.5. The van der Waals surface area contributed by atoms with Gasteiger partial charge in [0.2, 0.25) is 0 Å². The van der Waals surface area contributed by atoms with Crippen LogP contribution < -0.4 is 0 Å². The summed E-state index contributed by atoms with van der Waals surface area (Å²) in [6.07, 6.45) is 7.48. The predicted molar refractivity (Wildman–Crippen MR) is 229 cm³/mol. The first-order chi connectivity index (χ1) is 28.1. The molecule has 0 unspecified atom stereocenters. The molecule has 3 aromatic heterocycles. The zero-order valence-corrected chi connectivity index (χ0v) is 30.4. The number of fused-ring (bicyclic) bond motifs is 6. The van der Waals surface area contributed by atoms with Gasteiger partial charge in [0.05, 0.1) is 22.9 Å². The second-order valence-corrected chi connectivity index (χ2v) is 13.8. The maximum atomic E-state index is 9.38. The molecule has 3 heterocycles. The summed E-state index contributed by atoms with van der Waals surface area (Å²) in [6, 6.07) is 47.9. The SMILES string of the molecule is C=C/C=C1\C(=N)C(c2ccc(C#N)cc2)=Cc2c1cc(-c1cccc(-c3nc(-c4ccccc4)nc(-c4ccc5c(c4)oc4ccccc45)n3)c1)c1ncccc21. The number of allylic oxidation sites excluding steroid dienone is 4. The van der Waals surface area contributed by atoms with Crippen molar-refractivity contribution in [1.82, 2.24) is 19.9 Å². The highest BCUT2D eigenvalue weighted by Crippen LogP contribution is 2.43. The Morgan fingerprint density at radius 3 is 2.05 bits per heavy atom. The molecule has 0 radical (unpaired) electrons. The van der Waals surface area contributed by atoms with Gasteiger partial charge in [0, 0.05) is 55.8 Å². The van der Waals surface area contributed by atoms with Crippen LogP contribution in [0.4, 0.5) is 0 Å². The van der Waals surface area contributed by atoms with Gasteiger partial charge in [0.15, 0.2) is 17.5 Å². The van der Waals surface area contributed by atoms with Crippen molar-refractivity contribution in [3.8, 4) is 51.4 Å². The van der Waals surface area contributed by atoms with E-state index < -0.39 is 0 Å². The highest BCUT2D eigenvalue weighted by Gasteiger charge is 2.26. The molecule has 9 aromatic rings. The smallest absolute Gasteiger partial charge is 0.164 e. The number of aromatic nitrogens is 4. The van der Waals surface area contributed by atoms with Crippen LogP contribution in [0, 0.1) is 16.7 Å². The Kier molecular flexibility index (Phi) is 8.02. The van der Waals surface area contributed by atoms with Gasteiger partial charge < -0.3 is 4.42 Å². The minimum Gasteiger partial charge on any atom is -0.456 e. The molecule has 1 N–H and O–H groups in total. The number of furan rings is 1. The molecule has 0 saturated carbocycles. The van der Waals surface area contributed by atoms with Crippen LogP contribution in [0.2, 0.25) is 0 Å². The third-order valence-corrected chi connectivity index (χ3v) is 10.4. The number of pyridine rings is 1. The standard InChI is InChI=1S/C50H30N6O/c1-2-10-38-42-28-41(47-39(16-9-24-53-47)43(42)27-40(46(38)52)31-20-18-30(29-51)19-21-31)33-13-8-14-34(25-33)49-54-48(32-11-4-3-5-12-32)55-50(56-49)35-22-23-37-36-15-6-7-17-44(36)57-45(37)26-35/h2-28,52H,1H2/b38-10-,52-46?. The first kappa shape index (κ1) is 33.5. The quantitative estimate of drug-likeness (QED) is 0.182. The van der Waals surface area contributed by atoms with Crippen molar-refractivity contribution in [3.05, 3.63) is 187 Å². The van der Waals surface area contributed by atoms with Crippen LogP contribution in [0.3, 0.4) is 0 Å². The summed E-state index contributed by atoms with van der Waals surface area (Å²) in [5.41, 5.74) is 12.0. The number of nitriles is 1. The molecule has 7 heteroatoms. The second kappa shape index (κ2) is 13.6. The summed E-state index contributed by atoms with van der Waals surface area (Å²) in [4.78, 5) is 20.0. The normalized spacial score (nSPS) is 13.1. The number of hydrogen-bond donors (Lipinski definition) is 1. The van der Waals surface area contributed by atoms with Gasteiger partial charge >= 0.3 is 0 Å². The Morgan fingerprint density at radius 1 is 0.596 bits per heavy atom. The van der Waals surface area contributed by atoms with Gasteiger partial charge in [-0.2, -0.15) is 5.26 Å². The fourth-order valence-corrected chi connectivity index (χ4v) is 7.65. The molecule has 10 rings (SSSR count). The van der Waals surface area contributed by atoms with Crippen molar-refractivity contribution < 1.29 is 4.42 Å². The van der Waals surface area contributed by atoms with Gasteiger partial charge in [-0.25, -0.2) is 15.0 Å². The largest absolute Gasteiger partial charge is 0.456 e. The fraction of sp³-hybridized carbons (Fsp3) is 0. The lowest BCUT2D eigenvalue weighted by molar-refractivity contribution is 0.669. The number of rotatable bonds is 6. The number of nitrogens with zero attached hydrogens (tertiary/aromatic N) is 5. The van der Waals surface area contributed by atoms with E-state index in [0.717, 1.165) is 88.5 Å². The summed E-state index contributed by atoms with van der Waals surface area (Å²) >= 11 is 0. The van der Waals surface area contributed by atoms with Crippen molar-refractivity contribution in [1.29, 1.82) is 10.7 Å². The van der Waals surface area contributed by atoms with Crippen LogP contribution in [0.15, 0.2) is 169 Å². The van der Waals surface area contributed by atoms with Gasteiger partial charge in [-0.05, 0) is 76.9 Å². The van der Waals surface area contributed by atoms with E-state index in [-0.39, 0.29) is 0 Å². The number of para-hydroxylation sites is 1.